The quantitative estimate of drug-likeness (QED) is 0.107. The van der Waals surface area contributed by atoms with Crippen LogP contribution in [0.2, 0.25) is 0 Å². The zero-order chi connectivity index (χ0) is 46.2. The first-order chi connectivity index (χ1) is 34.8. The first-order valence-corrected chi connectivity index (χ1v) is 26.2. The van der Waals surface area contributed by atoms with Crippen molar-refractivity contribution in [3.8, 4) is 28.2 Å². The topological polar surface area (TPSA) is 14.8 Å². The van der Waals surface area contributed by atoms with E-state index in [1.807, 2.05) is 0 Å². The third-order valence-electron chi connectivity index (χ3n) is 14.8. The molecule has 0 saturated heterocycles. The zero-order valence-corrected chi connectivity index (χ0v) is 39.3. The maximum absolute atomic E-state index is 3.23. The lowest BCUT2D eigenvalue weighted by Gasteiger charge is -2.35. The number of fused-ring (bicyclic) bond motifs is 9. The summed E-state index contributed by atoms with van der Waals surface area (Å²) in [5.41, 5.74) is 12.9. The van der Waals surface area contributed by atoms with Crippen molar-refractivity contribution in [2.24, 2.45) is 0 Å². The monoisotopic (exact) mass is 907 g/mol. The molecule has 3 nitrogen and oxygen atoms in total. The summed E-state index contributed by atoms with van der Waals surface area (Å²) in [7, 11) is -3.23. The van der Waals surface area contributed by atoms with Gasteiger partial charge in [0, 0.05) is 43.7 Å². The molecular weight excluding hydrogens is 863 g/mol. The third-order valence-corrected chi connectivity index (χ3v) is 19.6. The molecule has 3 aromatic heterocycles. The molecule has 328 valence electrons. The molecule has 0 amide bonds. The van der Waals surface area contributed by atoms with Crippen LogP contribution in [0.15, 0.2) is 273 Å². The lowest BCUT2D eigenvalue weighted by atomic mass is 10.1. The van der Waals surface area contributed by atoms with Crippen LogP contribution in [-0.4, -0.2) is 21.8 Å². The fraction of sp³-hybridized carbons (Fsp3) is 0. The molecule has 0 aliphatic heterocycles. The normalized spacial score (nSPS) is 12.0. The standard InChI is InChI=1S/C66H45N3Si/c1-5-22-46(23-6-1)47-40-42-48(43-41-47)68-61-37-19-15-32-55(61)57-34-21-39-63(65(57)68)69-62-38-20-16-33-56(62)58-44-49(67-59-35-17-13-30-53(59)54-31-14-18-36-60(54)67)45-64(66(58)69)70(50-24-7-2-8-25-50,51-26-9-3-10-27-51)52-28-11-4-12-29-52/h1-45H. The van der Waals surface area contributed by atoms with E-state index in [0.29, 0.717) is 0 Å². The van der Waals surface area contributed by atoms with Crippen molar-refractivity contribution in [1.82, 2.24) is 13.7 Å². The fourth-order valence-corrected chi connectivity index (χ4v) is 16.8. The molecule has 0 aliphatic rings. The lowest BCUT2D eigenvalue weighted by Crippen LogP contribution is -2.75. The van der Waals surface area contributed by atoms with Crippen molar-refractivity contribution >= 4 is 94.2 Å². The Kier molecular flexibility index (Phi) is 9.23. The second kappa shape index (κ2) is 16.1. The minimum absolute atomic E-state index is 1.12. The SMILES string of the molecule is c1ccc(-c2ccc(-n3c4ccccc4c4cccc(-n5c6ccccc6c6cc(-n7c8ccccc8c8ccccc87)cc([Si](c7ccccc7)(c7ccccc7)c7ccccc7)c65)c43)cc2)cc1. The molecular formula is C66H45N3Si. The van der Waals surface area contributed by atoms with E-state index in [9.17, 15) is 0 Å². The van der Waals surface area contributed by atoms with Crippen LogP contribution in [0.5, 0.6) is 0 Å². The van der Waals surface area contributed by atoms with E-state index < -0.39 is 8.07 Å². The Morgan fingerprint density at radius 1 is 0.243 bits per heavy atom. The summed E-state index contributed by atoms with van der Waals surface area (Å²) in [5, 5.41) is 12.7. The molecule has 4 heteroatoms. The first-order valence-electron chi connectivity index (χ1n) is 24.2. The highest BCUT2D eigenvalue weighted by molar-refractivity contribution is 7.20. The van der Waals surface area contributed by atoms with Crippen molar-refractivity contribution in [2.75, 3.05) is 0 Å². The molecule has 0 unspecified atom stereocenters. The van der Waals surface area contributed by atoms with Gasteiger partial charge < -0.3 is 13.7 Å². The fourth-order valence-electron chi connectivity index (χ4n) is 11.9. The van der Waals surface area contributed by atoms with Gasteiger partial charge in [-0.25, -0.2) is 0 Å². The minimum Gasteiger partial charge on any atom is -0.309 e. The molecule has 0 saturated carbocycles. The highest BCUT2D eigenvalue weighted by Crippen LogP contribution is 2.41. The van der Waals surface area contributed by atoms with Gasteiger partial charge in [-0.3, -0.25) is 0 Å². The van der Waals surface area contributed by atoms with Crippen LogP contribution in [0.25, 0.3) is 93.6 Å². The number of hydrogen-bond acceptors (Lipinski definition) is 0. The molecule has 14 aromatic rings. The molecule has 0 aliphatic carbocycles. The minimum atomic E-state index is -3.23. The number of benzene rings is 11. The number of nitrogens with zero attached hydrogens (tertiary/aromatic N) is 3. The van der Waals surface area contributed by atoms with Gasteiger partial charge in [0.2, 0.25) is 0 Å². The van der Waals surface area contributed by atoms with Gasteiger partial charge in [-0.05, 0) is 86.5 Å². The molecule has 0 fully saturated rings. The Bertz CT molecular complexity index is 4110. The highest BCUT2D eigenvalue weighted by atomic mass is 28.3. The van der Waals surface area contributed by atoms with E-state index in [0.717, 1.165) is 17.1 Å². The molecule has 14 rings (SSSR count). The van der Waals surface area contributed by atoms with Gasteiger partial charge in [0.1, 0.15) is 0 Å². The molecule has 0 bridgehead atoms. The van der Waals surface area contributed by atoms with Crippen LogP contribution in [-0.2, 0) is 0 Å². The van der Waals surface area contributed by atoms with Crippen molar-refractivity contribution in [2.45, 2.75) is 0 Å². The predicted molar refractivity (Wildman–Crippen MR) is 299 cm³/mol. The first kappa shape index (κ1) is 40.1. The Morgan fingerprint density at radius 2 is 0.643 bits per heavy atom. The molecule has 0 spiro atoms. The summed E-state index contributed by atoms with van der Waals surface area (Å²) >= 11 is 0. The maximum atomic E-state index is 2.63. The number of para-hydroxylation sites is 5. The Hall–Kier alpha value is -8.96. The predicted octanol–water partition coefficient (Wildman–Crippen LogP) is 14.0. The van der Waals surface area contributed by atoms with Crippen LogP contribution in [0.1, 0.15) is 0 Å². The highest BCUT2D eigenvalue weighted by Gasteiger charge is 2.44. The second-order valence-corrected chi connectivity index (χ2v) is 22.2. The van der Waals surface area contributed by atoms with E-state index in [1.54, 1.807) is 0 Å². The summed E-state index contributed by atoms with van der Waals surface area (Å²) in [6, 6.07) is 102. The van der Waals surface area contributed by atoms with Crippen LogP contribution in [0, 0.1) is 0 Å². The van der Waals surface area contributed by atoms with Crippen molar-refractivity contribution in [1.29, 1.82) is 0 Å². The van der Waals surface area contributed by atoms with Gasteiger partial charge in [-0.2, -0.15) is 0 Å². The van der Waals surface area contributed by atoms with Crippen molar-refractivity contribution in [3.05, 3.63) is 273 Å². The number of rotatable bonds is 8. The van der Waals surface area contributed by atoms with Crippen LogP contribution < -0.4 is 20.7 Å². The van der Waals surface area contributed by atoms with E-state index in [4.69, 9.17) is 0 Å². The van der Waals surface area contributed by atoms with E-state index in [2.05, 4.69) is 287 Å². The smallest absolute Gasteiger partial charge is 0.181 e. The van der Waals surface area contributed by atoms with Crippen LogP contribution >= 0.6 is 0 Å². The van der Waals surface area contributed by atoms with Gasteiger partial charge in [0.05, 0.1) is 38.8 Å². The molecule has 0 atom stereocenters. The molecule has 70 heavy (non-hydrogen) atoms. The van der Waals surface area contributed by atoms with Crippen molar-refractivity contribution in [3.63, 3.8) is 0 Å². The summed E-state index contributed by atoms with van der Waals surface area (Å²) < 4.78 is 7.64. The van der Waals surface area contributed by atoms with E-state index in [1.165, 1.54) is 97.3 Å². The van der Waals surface area contributed by atoms with Gasteiger partial charge in [-0.1, -0.05) is 218 Å². The summed E-state index contributed by atoms with van der Waals surface area (Å²) in [6.45, 7) is 0. The van der Waals surface area contributed by atoms with E-state index >= 15 is 0 Å². The molecule has 3 heterocycles. The molecule has 0 N–H and O–H groups in total. The van der Waals surface area contributed by atoms with Crippen LogP contribution in [0.4, 0.5) is 0 Å². The zero-order valence-electron chi connectivity index (χ0n) is 38.3. The lowest BCUT2D eigenvalue weighted by molar-refractivity contribution is 1.13. The Labute approximate surface area is 407 Å². The Morgan fingerprint density at radius 3 is 1.17 bits per heavy atom. The molecule has 0 radical (unpaired) electrons. The average Bonchev–Trinajstić information content (AvgIpc) is 4.08. The summed E-state index contributed by atoms with van der Waals surface area (Å²) in [4.78, 5) is 0. The van der Waals surface area contributed by atoms with Crippen LogP contribution in [0.3, 0.4) is 0 Å². The Balaban J connectivity index is 1.19. The third kappa shape index (κ3) is 5.94. The van der Waals surface area contributed by atoms with Crippen molar-refractivity contribution < 1.29 is 0 Å². The summed E-state index contributed by atoms with van der Waals surface area (Å²) in [5.74, 6) is 0. The van der Waals surface area contributed by atoms with Gasteiger partial charge in [0.25, 0.3) is 0 Å². The largest absolute Gasteiger partial charge is 0.309 e. The van der Waals surface area contributed by atoms with Gasteiger partial charge in [-0.15, -0.1) is 0 Å². The van der Waals surface area contributed by atoms with E-state index in [-0.39, 0.29) is 0 Å². The molecule has 11 aromatic carbocycles. The maximum Gasteiger partial charge on any atom is 0.181 e. The number of hydrogen-bond donors (Lipinski definition) is 0. The number of aromatic nitrogens is 3. The summed E-state index contributed by atoms with van der Waals surface area (Å²) in [6.07, 6.45) is 0. The van der Waals surface area contributed by atoms with Gasteiger partial charge >= 0.3 is 0 Å². The van der Waals surface area contributed by atoms with Gasteiger partial charge in [0.15, 0.2) is 8.07 Å². The second-order valence-electron chi connectivity index (χ2n) is 18.4. The average molecular weight is 908 g/mol.